The molecule has 16 heavy (non-hydrogen) atoms. The molecule has 6 heteroatoms. The Kier molecular flexibility index (Phi) is 3.51. The molecule has 1 saturated heterocycles. The van der Waals surface area contributed by atoms with Crippen LogP contribution in [0.3, 0.4) is 0 Å². The Bertz CT molecular complexity index is 329. The Morgan fingerprint density at radius 3 is 3.06 bits per heavy atom. The summed E-state index contributed by atoms with van der Waals surface area (Å²) in [4.78, 5) is 17.9. The second kappa shape index (κ2) is 5.07. The van der Waals surface area contributed by atoms with Gasteiger partial charge in [-0.15, -0.1) is 0 Å². The number of hydrogen-bond acceptors (Lipinski definition) is 4. The van der Waals surface area contributed by atoms with Gasteiger partial charge in [0.25, 0.3) is 0 Å². The summed E-state index contributed by atoms with van der Waals surface area (Å²) < 4.78 is 1.60. The van der Waals surface area contributed by atoms with Gasteiger partial charge in [-0.3, -0.25) is 4.79 Å². The van der Waals surface area contributed by atoms with E-state index in [1.807, 2.05) is 11.8 Å². The highest BCUT2D eigenvalue weighted by molar-refractivity contribution is 5.79. The minimum Gasteiger partial charge on any atom is -0.340 e. The summed E-state index contributed by atoms with van der Waals surface area (Å²) in [5.41, 5.74) is 0. The zero-order chi connectivity index (χ0) is 11.4. The lowest BCUT2D eigenvalue weighted by Crippen LogP contribution is -2.38. The summed E-state index contributed by atoms with van der Waals surface area (Å²) in [5.74, 6) is 0.120. The third-order valence-corrected chi connectivity index (χ3v) is 2.84. The first-order chi connectivity index (χ1) is 7.79. The van der Waals surface area contributed by atoms with Gasteiger partial charge < -0.3 is 10.2 Å². The van der Waals surface area contributed by atoms with E-state index in [1.54, 1.807) is 11.0 Å². The maximum Gasteiger partial charge on any atom is 0.247 e. The summed E-state index contributed by atoms with van der Waals surface area (Å²) in [7, 11) is 0. The third kappa shape index (κ3) is 2.38. The normalized spacial score (nSPS) is 19.2. The Balaban J connectivity index is 2.00. The van der Waals surface area contributed by atoms with Crippen LogP contribution in [0.1, 0.15) is 19.4 Å². The molecule has 0 aliphatic carbocycles. The van der Waals surface area contributed by atoms with Gasteiger partial charge in [0, 0.05) is 19.6 Å². The largest absolute Gasteiger partial charge is 0.340 e. The first-order valence-corrected chi connectivity index (χ1v) is 5.62. The monoisotopic (exact) mass is 223 g/mol. The number of carbonyl (C=O) groups is 1. The second-order valence-electron chi connectivity index (χ2n) is 3.98. The number of amides is 1. The molecule has 1 aliphatic rings. The molecular weight excluding hydrogens is 206 g/mol. The molecule has 1 aromatic heterocycles. The smallest absolute Gasteiger partial charge is 0.247 e. The van der Waals surface area contributed by atoms with Crippen LogP contribution >= 0.6 is 0 Å². The van der Waals surface area contributed by atoms with E-state index >= 15 is 0 Å². The lowest BCUT2D eigenvalue weighted by Gasteiger charge is -2.23. The molecule has 2 rings (SSSR count). The molecule has 0 bridgehead atoms. The standard InChI is InChI=1S/C10H17N5O/c1-9(15-8-12-7-13-15)10(16)14-5-2-3-11-4-6-14/h7-9,11H,2-6H2,1H3. The fourth-order valence-electron chi connectivity index (χ4n) is 1.86. The van der Waals surface area contributed by atoms with Crippen molar-refractivity contribution >= 4 is 5.91 Å². The molecule has 1 amide bonds. The second-order valence-corrected chi connectivity index (χ2v) is 3.98. The molecule has 1 N–H and O–H groups in total. The molecule has 2 heterocycles. The van der Waals surface area contributed by atoms with Gasteiger partial charge in [-0.2, -0.15) is 5.10 Å². The molecule has 0 saturated carbocycles. The third-order valence-electron chi connectivity index (χ3n) is 2.84. The Labute approximate surface area is 94.6 Å². The predicted molar refractivity (Wildman–Crippen MR) is 58.8 cm³/mol. The molecular formula is C10H17N5O. The molecule has 6 nitrogen and oxygen atoms in total. The molecule has 0 radical (unpaired) electrons. The first-order valence-electron chi connectivity index (χ1n) is 5.62. The lowest BCUT2D eigenvalue weighted by molar-refractivity contribution is -0.134. The van der Waals surface area contributed by atoms with E-state index in [0.29, 0.717) is 0 Å². The highest BCUT2D eigenvalue weighted by Gasteiger charge is 2.22. The van der Waals surface area contributed by atoms with E-state index in [1.165, 1.54) is 6.33 Å². The molecule has 1 fully saturated rings. The van der Waals surface area contributed by atoms with Crippen LogP contribution in [0, 0.1) is 0 Å². The molecule has 1 aromatic rings. The first kappa shape index (κ1) is 11.1. The van der Waals surface area contributed by atoms with Gasteiger partial charge >= 0.3 is 0 Å². The average Bonchev–Trinajstić information content (AvgIpc) is 2.70. The van der Waals surface area contributed by atoms with Crippen molar-refractivity contribution in [3.63, 3.8) is 0 Å². The van der Waals surface area contributed by atoms with E-state index in [4.69, 9.17) is 0 Å². The van der Waals surface area contributed by atoms with Crippen LogP contribution < -0.4 is 5.32 Å². The van der Waals surface area contributed by atoms with E-state index in [0.717, 1.165) is 32.6 Å². The molecule has 1 aliphatic heterocycles. The topological polar surface area (TPSA) is 63.1 Å². The molecule has 0 aromatic carbocycles. The van der Waals surface area contributed by atoms with Crippen molar-refractivity contribution in [2.75, 3.05) is 26.2 Å². The van der Waals surface area contributed by atoms with Crippen LogP contribution in [0.2, 0.25) is 0 Å². The summed E-state index contributed by atoms with van der Waals surface area (Å²) in [6, 6.07) is -0.263. The fourth-order valence-corrected chi connectivity index (χ4v) is 1.86. The lowest BCUT2D eigenvalue weighted by atomic mass is 10.2. The van der Waals surface area contributed by atoms with Crippen LogP contribution in [0.5, 0.6) is 0 Å². The Morgan fingerprint density at radius 2 is 2.31 bits per heavy atom. The number of aromatic nitrogens is 3. The van der Waals surface area contributed by atoms with Gasteiger partial charge in [0.05, 0.1) is 0 Å². The zero-order valence-corrected chi connectivity index (χ0v) is 9.46. The Hall–Kier alpha value is -1.43. The molecule has 88 valence electrons. The minimum atomic E-state index is -0.263. The quantitative estimate of drug-likeness (QED) is 0.745. The van der Waals surface area contributed by atoms with E-state index in [9.17, 15) is 4.79 Å². The molecule has 0 spiro atoms. The number of rotatable bonds is 2. The maximum absolute atomic E-state index is 12.2. The fraction of sp³-hybridized carbons (Fsp3) is 0.700. The van der Waals surface area contributed by atoms with Crippen molar-refractivity contribution in [3.8, 4) is 0 Å². The van der Waals surface area contributed by atoms with E-state index in [-0.39, 0.29) is 11.9 Å². The van der Waals surface area contributed by atoms with Crippen molar-refractivity contribution in [2.45, 2.75) is 19.4 Å². The van der Waals surface area contributed by atoms with Crippen LogP contribution in [0.15, 0.2) is 12.7 Å². The number of nitrogens with zero attached hydrogens (tertiary/aromatic N) is 4. The summed E-state index contributed by atoms with van der Waals surface area (Å²) in [5, 5.41) is 7.28. The van der Waals surface area contributed by atoms with E-state index < -0.39 is 0 Å². The van der Waals surface area contributed by atoms with E-state index in [2.05, 4.69) is 15.4 Å². The van der Waals surface area contributed by atoms with Crippen molar-refractivity contribution in [1.29, 1.82) is 0 Å². The van der Waals surface area contributed by atoms with Gasteiger partial charge in [-0.05, 0) is 19.9 Å². The highest BCUT2D eigenvalue weighted by Crippen LogP contribution is 2.09. The van der Waals surface area contributed by atoms with Crippen molar-refractivity contribution < 1.29 is 4.79 Å². The van der Waals surface area contributed by atoms with Crippen LogP contribution in [-0.4, -0.2) is 51.8 Å². The maximum atomic E-state index is 12.2. The highest BCUT2D eigenvalue weighted by atomic mass is 16.2. The van der Waals surface area contributed by atoms with Crippen molar-refractivity contribution in [3.05, 3.63) is 12.7 Å². The van der Waals surface area contributed by atoms with Gasteiger partial charge in [0.1, 0.15) is 18.7 Å². The number of hydrogen-bond donors (Lipinski definition) is 1. The summed E-state index contributed by atoms with van der Waals surface area (Å²) in [6.07, 6.45) is 4.04. The van der Waals surface area contributed by atoms with Crippen molar-refractivity contribution in [1.82, 2.24) is 25.0 Å². The van der Waals surface area contributed by atoms with Crippen LogP contribution in [0.25, 0.3) is 0 Å². The van der Waals surface area contributed by atoms with Gasteiger partial charge in [-0.25, -0.2) is 9.67 Å². The zero-order valence-electron chi connectivity index (χ0n) is 9.46. The minimum absolute atomic E-state index is 0.120. The summed E-state index contributed by atoms with van der Waals surface area (Å²) in [6.45, 7) is 5.31. The summed E-state index contributed by atoms with van der Waals surface area (Å²) >= 11 is 0. The van der Waals surface area contributed by atoms with Crippen LogP contribution in [-0.2, 0) is 4.79 Å². The van der Waals surface area contributed by atoms with Crippen molar-refractivity contribution in [2.24, 2.45) is 0 Å². The van der Waals surface area contributed by atoms with Gasteiger partial charge in [0.2, 0.25) is 5.91 Å². The number of carbonyl (C=O) groups excluding carboxylic acids is 1. The SMILES string of the molecule is CC(C(=O)N1CCCNCC1)n1cncn1. The predicted octanol–water partition coefficient (Wildman–Crippen LogP) is -0.339. The van der Waals surface area contributed by atoms with Gasteiger partial charge in [0.15, 0.2) is 0 Å². The number of nitrogens with one attached hydrogen (secondary N) is 1. The van der Waals surface area contributed by atoms with Crippen LogP contribution in [0.4, 0.5) is 0 Å². The molecule has 1 unspecified atom stereocenters. The average molecular weight is 223 g/mol. The Morgan fingerprint density at radius 1 is 1.44 bits per heavy atom. The van der Waals surface area contributed by atoms with Gasteiger partial charge in [-0.1, -0.05) is 0 Å². The molecule has 1 atom stereocenters.